The molecule has 27 heavy (non-hydrogen) atoms. The molecule has 0 saturated carbocycles. The van der Waals surface area contributed by atoms with E-state index in [1.54, 1.807) is 25.4 Å². The summed E-state index contributed by atoms with van der Waals surface area (Å²) in [5, 5.41) is 13.2. The highest BCUT2D eigenvalue weighted by molar-refractivity contribution is 8.00. The number of hydrogen-bond donors (Lipinski definition) is 1. The van der Waals surface area contributed by atoms with Crippen molar-refractivity contribution in [2.75, 3.05) is 18.2 Å². The van der Waals surface area contributed by atoms with Crippen molar-refractivity contribution in [2.24, 2.45) is 0 Å². The van der Waals surface area contributed by atoms with Crippen LogP contribution in [0.4, 0.5) is 5.13 Å². The van der Waals surface area contributed by atoms with Gasteiger partial charge in [0, 0.05) is 16.6 Å². The highest BCUT2D eigenvalue weighted by Crippen LogP contribution is 2.27. The maximum Gasteiger partial charge on any atom is 0.236 e. The van der Waals surface area contributed by atoms with Crippen LogP contribution in [0, 0.1) is 18.3 Å². The Morgan fingerprint density at radius 3 is 2.93 bits per heavy atom. The molecule has 8 heteroatoms. The number of nitrogens with zero attached hydrogens (tertiary/aromatic N) is 3. The number of carbonyl (C=O) groups is 1. The minimum atomic E-state index is -0.188. The minimum Gasteiger partial charge on any atom is -0.497 e. The van der Waals surface area contributed by atoms with Crippen LogP contribution in [-0.2, 0) is 4.79 Å². The summed E-state index contributed by atoms with van der Waals surface area (Å²) in [7, 11) is 1.61. The van der Waals surface area contributed by atoms with Gasteiger partial charge in [0.2, 0.25) is 5.91 Å². The molecule has 3 aromatic rings. The maximum absolute atomic E-state index is 12.1. The van der Waals surface area contributed by atoms with Gasteiger partial charge in [-0.3, -0.25) is 4.79 Å². The summed E-state index contributed by atoms with van der Waals surface area (Å²) in [6.45, 7) is 1.93. The van der Waals surface area contributed by atoms with Gasteiger partial charge in [-0.05, 0) is 31.2 Å². The lowest BCUT2D eigenvalue weighted by Gasteiger charge is -2.08. The minimum absolute atomic E-state index is 0.141. The number of nitrogens with one attached hydrogen (secondary N) is 1. The van der Waals surface area contributed by atoms with E-state index >= 15 is 0 Å². The summed E-state index contributed by atoms with van der Waals surface area (Å²) in [5.41, 5.74) is 2.03. The first-order valence-corrected chi connectivity index (χ1v) is 9.80. The van der Waals surface area contributed by atoms with Gasteiger partial charge in [-0.25, -0.2) is 9.97 Å². The van der Waals surface area contributed by atoms with Crippen LogP contribution >= 0.6 is 23.1 Å². The van der Waals surface area contributed by atoms with Crippen molar-refractivity contribution in [3.05, 3.63) is 53.0 Å². The van der Waals surface area contributed by atoms with Gasteiger partial charge in [-0.2, -0.15) is 5.26 Å². The molecule has 0 bridgehead atoms. The first-order valence-electron chi connectivity index (χ1n) is 7.99. The number of nitriles is 1. The molecule has 2 aromatic heterocycles. The Bertz CT molecular complexity index is 1010. The monoisotopic (exact) mass is 396 g/mol. The van der Waals surface area contributed by atoms with E-state index < -0.39 is 0 Å². The normalized spacial score (nSPS) is 10.3. The number of pyridine rings is 1. The molecule has 2 heterocycles. The molecule has 0 radical (unpaired) electrons. The number of rotatable bonds is 6. The van der Waals surface area contributed by atoms with Gasteiger partial charge < -0.3 is 10.1 Å². The third-order valence-electron chi connectivity index (χ3n) is 3.55. The summed E-state index contributed by atoms with van der Waals surface area (Å²) < 4.78 is 5.25. The van der Waals surface area contributed by atoms with E-state index in [1.807, 2.05) is 31.2 Å². The molecule has 1 amide bonds. The average molecular weight is 396 g/mol. The molecular formula is C19H16N4O2S2. The number of benzene rings is 1. The molecule has 1 aromatic carbocycles. The smallest absolute Gasteiger partial charge is 0.236 e. The molecule has 0 unspecified atom stereocenters. The van der Waals surface area contributed by atoms with Crippen LogP contribution in [0.15, 0.2) is 47.6 Å². The van der Waals surface area contributed by atoms with Gasteiger partial charge in [0.15, 0.2) is 5.13 Å². The maximum atomic E-state index is 12.1. The van der Waals surface area contributed by atoms with E-state index in [0.29, 0.717) is 21.4 Å². The number of amides is 1. The number of methoxy groups -OCH3 is 1. The quantitative estimate of drug-likeness (QED) is 0.631. The average Bonchev–Trinajstić information content (AvgIpc) is 3.10. The van der Waals surface area contributed by atoms with Gasteiger partial charge in [0.05, 0.1) is 24.1 Å². The van der Waals surface area contributed by atoms with E-state index in [1.165, 1.54) is 23.1 Å². The van der Waals surface area contributed by atoms with Gasteiger partial charge in [-0.1, -0.05) is 23.9 Å². The zero-order chi connectivity index (χ0) is 19.2. The summed E-state index contributed by atoms with van der Waals surface area (Å²) in [6, 6.07) is 13.2. The van der Waals surface area contributed by atoms with Crippen LogP contribution in [0.1, 0.15) is 10.4 Å². The number of ether oxygens (including phenoxy) is 1. The molecule has 0 saturated heterocycles. The van der Waals surface area contributed by atoms with Gasteiger partial charge in [0.1, 0.15) is 16.8 Å². The van der Waals surface area contributed by atoms with Crippen LogP contribution in [-0.4, -0.2) is 28.7 Å². The second kappa shape index (κ2) is 8.66. The van der Waals surface area contributed by atoms with Crippen LogP contribution in [0.3, 0.4) is 0 Å². The number of thiazole rings is 1. The fraction of sp³-hybridized carbons (Fsp3) is 0.158. The predicted molar refractivity (Wildman–Crippen MR) is 107 cm³/mol. The number of carbonyl (C=O) groups excluding carboxylic acids is 1. The third-order valence-corrected chi connectivity index (χ3v) is 5.37. The van der Waals surface area contributed by atoms with E-state index in [2.05, 4.69) is 21.4 Å². The Morgan fingerprint density at radius 1 is 1.37 bits per heavy atom. The zero-order valence-corrected chi connectivity index (χ0v) is 16.4. The van der Waals surface area contributed by atoms with Crippen LogP contribution in [0.25, 0.3) is 11.3 Å². The third kappa shape index (κ3) is 4.84. The molecule has 0 aliphatic heterocycles. The Morgan fingerprint density at radius 2 is 2.22 bits per heavy atom. The Kier molecular flexibility index (Phi) is 6.06. The number of aryl methyl sites for hydroxylation is 1. The molecule has 136 valence electrons. The number of thioether (sulfide) groups is 1. The van der Waals surface area contributed by atoms with Gasteiger partial charge >= 0.3 is 0 Å². The van der Waals surface area contributed by atoms with Crippen molar-refractivity contribution in [1.29, 1.82) is 5.26 Å². The van der Waals surface area contributed by atoms with Crippen molar-refractivity contribution in [2.45, 2.75) is 11.9 Å². The lowest BCUT2D eigenvalue weighted by molar-refractivity contribution is -0.113. The molecule has 3 rings (SSSR count). The second-order valence-corrected chi connectivity index (χ2v) is 7.70. The first-order chi connectivity index (χ1) is 13.1. The number of aromatic nitrogens is 2. The summed E-state index contributed by atoms with van der Waals surface area (Å²) in [4.78, 5) is 21.8. The number of anilines is 1. The molecule has 0 aliphatic rings. The first kappa shape index (κ1) is 18.9. The Hall–Kier alpha value is -2.89. The van der Waals surface area contributed by atoms with E-state index in [0.717, 1.165) is 16.2 Å². The molecule has 0 atom stereocenters. The van der Waals surface area contributed by atoms with E-state index in [9.17, 15) is 10.1 Å². The van der Waals surface area contributed by atoms with E-state index in [-0.39, 0.29) is 11.7 Å². The Labute approximate surface area is 165 Å². The van der Waals surface area contributed by atoms with Crippen LogP contribution < -0.4 is 10.1 Å². The highest BCUT2D eigenvalue weighted by atomic mass is 32.2. The zero-order valence-electron chi connectivity index (χ0n) is 14.7. The summed E-state index contributed by atoms with van der Waals surface area (Å²) in [6.07, 6.45) is 1.71. The molecular weight excluding hydrogens is 380 g/mol. The molecule has 1 N–H and O–H groups in total. The van der Waals surface area contributed by atoms with Crippen molar-refractivity contribution in [3.8, 4) is 23.1 Å². The SMILES string of the molecule is COc1cccc(-c2ccc(C#N)c(SCC(=O)Nc3ncc(C)s3)n2)c1. The standard InChI is InChI=1S/C19H16N4O2S2/c1-12-10-21-19(27-12)23-17(24)11-26-18-14(9-20)6-7-16(22-18)13-4-3-5-15(8-13)25-2/h3-8,10H,11H2,1-2H3,(H,21,23,24). The lowest BCUT2D eigenvalue weighted by Crippen LogP contribution is -2.14. The van der Waals surface area contributed by atoms with Crippen LogP contribution in [0.5, 0.6) is 5.75 Å². The van der Waals surface area contributed by atoms with E-state index in [4.69, 9.17) is 4.74 Å². The molecule has 0 fully saturated rings. The largest absolute Gasteiger partial charge is 0.497 e. The second-order valence-electron chi connectivity index (χ2n) is 5.51. The van der Waals surface area contributed by atoms with Crippen molar-refractivity contribution < 1.29 is 9.53 Å². The predicted octanol–water partition coefficient (Wildman–Crippen LogP) is 4.12. The molecule has 6 nitrogen and oxygen atoms in total. The molecule has 0 spiro atoms. The highest BCUT2D eigenvalue weighted by Gasteiger charge is 2.12. The lowest BCUT2D eigenvalue weighted by atomic mass is 10.1. The van der Waals surface area contributed by atoms with Crippen molar-refractivity contribution in [3.63, 3.8) is 0 Å². The fourth-order valence-electron chi connectivity index (χ4n) is 2.28. The molecule has 0 aliphatic carbocycles. The fourth-order valence-corrected chi connectivity index (χ4v) is 3.73. The van der Waals surface area contributed by atoms with Gasteiger partial charge in [-0.15, -0.1) is 11.3 Å². The van der Waals surface area contributed by atoms with Crippen molar-refractivity contribution in [1.82, 2.24) is 9.97 Å². The number of hydrogen-bond acceptors (Lipinski definition) is 7. The van der Waals surface area contributed by atoms with Crippen molar-refractivity contribution >= 4 is 34.1 Å². The summed E-state index contributed by atoms with van der Waals surface area (Å²) >= 11 is 2.64. The summed E-state index contributed by atoms with van der Waals surface area (Å²) in [5.74, 6) is 0.680. The van der Waals surface area contributed by atoms with Crippen LogP contribution in [0.2, 0.25) is 0 Å². The Balaban J connectivity index is 1.75. The van der Waals surface area contributed by atoms with Gasteiger partial charge in [0.25, 0.3) is 0 Å². The topological polar surface area (TPSA) is 87.9 Å².